The maximum Gasteiger partial charge on any atom is 0.271 e. The Morgan fingerprint density at radius 1 is 1.16 bits per heavy atom. The van der Waals surface area contributed by atoms with Crippen LogP contribution in [0.2, 0.25) is 0 Å². The number of aromatic nitrogens is 2. The molecule has 2 fully saturated rings. The molecule has 0 atom stereocenters. The van der Waals surface area contributed by atoms with E-state index in [-0.39, 0.29) is 22.4 Å². The number of sulfonamides is 1. The number of amides is 1. The lowest BCUT2D eigenvalue weighted by Gasteiger charge is -2.34. The minimum Gasteiger partial charge on any atom is -0.390 e. The van der Waals surface area contributed by atoms with Gasteiger partial charge in [0.1, 0.15) is 5.82 Å². The summed E-state index contributed by atoms with van der Waals surface area (Å²) in [7, 11) is -3.57. The van der Waals surface area contributed by atoms with Crippen molar-refractivity contribution in [3.63, 3.8) is 0 Å². The molecule has 0 unspecified atom stereocenters. The second-order valence-electron chi connectivity index (χ2n) is 10.4. The lowest BCUT2D eigenvalue weighted by Crippen LogP contribution is -2.36. The molecule has 11 heteroatoms. The summed E-state index contributed by atoms with van der Waals surface area (Å²) in [6.45, 7) is 6.63. The molecule has 2 aliphatic rings. The molecule has 202 valence electrons. The number of carbonyl (C=O) groups is 1. The number of nitrogens with zero attached hydrogens (tertiary/aromatic N) is 3. The van der Waals surface area contributed by atoms with Gasteiger partial charge in [0.25, 0.3) is 5.91 Å². The SMILES string of the molecule is CCc1nc(C(N)=O)c(Nc2ccc(S(=O)(=O)N3CCCCC3)c(C)c2)nc1N[C@H]1CC[C@@](C)(O)CC1. The molecule has 10 nitrogen and oxygen atoms in total. The molecular weight excluding hydrogens is 492 g/mol. The van der Waals surface area contributed by atoms with Crippen molar-refractivity contribution in [3.8, 4) is 0 Å². The van der Waals surface area contributed by atoms with Crippen LogP contribution in [0.5, 0.6) is 0 Å². The molecule has 2 heterocycles. The molecule has 5 N–H and O–H groups in total. The quantitative estimate of drug-likeness (QED) is 0.405. The zero-order chi connectivity index (χ0) is 26.8. The molecule has 4 rings (SSSR count). The summed E-state index contributed by atoms with van der Waals surface area (Å²) in [5, 5.41) is 16.9. The van der Waals surface area contributed by atoms with Crippen molar-refractivity contribution in [2.24, 2.45) is 5.73 Å². The van der Waals surface area contributed by atoms with Gasteiger partial charge in [0, 0.05) is 24.8 Å². The molecule has 1 amide bonds. The van der Waals surface area contributed by atoms with Gasteiger partial charge in [0.05, 0.1) is 16.2 Å². The smallest absolute Gasteiger partial charge is 0.271 e. The first-order valence-corrected chi connectivity index (χ1v) is 14.5. The van der Waals surface area contributed by atoms with Gasteiger partial charge < -0.3 is 21.5 Å². The van der Waals surface area contributed by atoms with E-state index < -0.39 is 21.5 Å². The number of aryl methyl sites for hydroxylation is 2. The topological polar surface area (TPSA) is 151 Å². The van der Waals surface area contributed by atoms with Crippen LogP contribution in [0.3, 0.4) is 0 Å². The highest BCUT2D eigenvalue weighted by Gasteiger charge is 2.30. The van der Waals surface area contributed by atoms with Gasteiger partial charge in [-0.15, -0.1) is 0 Å². The van der Waals surface area contributed by atoms with Gasteiger partial charge in [0.2, 0.25) is 10.0 Å². The second-order valence-corrected chi connectivity index (χ2v) is 12.3. The van der Waals surface area contributed by atoms with E-state index in [4.69, 9.17) is 10.7 Å². The van der Waals surface area contributed by atoms with E-state index in [1.807, 2.05) is 13.8 Å². The van der Waals surface area contributed by atoms with Crippen molar-refractivity contribution in [1.82, 2.24) is 14.3 Å². The lowest BCUT2D eigenvalue weighted by molar-refractivity contribution is 0.0196. The predicted octanol–water partition coefficient (Wildman–Crippen LogP) is 3.47. The monoisotopic (exact) mass is 530 g/mol. The van der Waals surface area contributed by atoms with Gasteiger partial charge in [-0.3, -0.25) is 4.79 Å². The molecule has 1 aliphatic heterocycles. The highest BCUT2D eigenvalue weighted by Crippen LogP contribution is 2.31. The molecular formula is C26H38N6O4S. The average Bonchev–Trinajstić information content (AvgIpc) is 2.85. The van der Waals surface area contributed by atoms with Crippen LogP contribution in [0.25, 0.3) is 0 Å². The van der Waals surface area contributed by atoms with Gasteiger partial charge in [-0.25, -0.2) is 18.4 Å². The van der Waals surface area contributed by atoms with Gasteiger partial charge in [0.15, 0.2) is 11.5 Å². The summed E-state index contributed by atoms with van der Waals surface area (Å²) in [5.41, 5.74) is 6.83. The van der Waals surface area contributed by atoms with Crippen molar-refractivity contribution in [2.75, 3.05) is 23.7 Å². The number of hydrogen-bond donors (Lipinski definition) is 4. The zero-order valence-corrected chi connectivity index (χ0v) is 22.7. The average molecular weight is 531 g/mol. The standard InChI is InChI=1S/C26H38N6O4S/c1-4-20-24(28-18-10-12-26(3,34)13-11-18)31-25(22(30-20)23(27)33)29-19-8-9-21(17(2)16-19)37(35,36)32-14-6-5-7-15-32/h8-9,16,18,34H,4-7,10-15H2,1-3H3,(H2,27,33)(H2,28,29,31)/t18-,26+. The second kappa shape index (κ2) is 10.9. The Morgan fingerprint density at radius 3 is 2.43 bits per heavy atom. The van der Waals surface area contributed by atoms with Crippen LogP contribution >= 0.6 is 0 Å². The van der Waals surface area contributed by atoms with Crippen LogP contribution in [0.15, 0.2) is 23.1 Å². The third-order valence-corrected chi connectivity index (χ3v) is 9.37. The van der Waals surface area contributed by atoms with Gasteiger partial charge in [-0.1, -0.05) is 13.3 Å². The van der Waals surface area contributed by atoms with E-state index in [1.165, 1.54) is 0 Å². The Bertz CT molecular complexity index is 1250. The number of rotatable bonds is 8. The molecule has 1 aromatic carbocycles. The number of piperidine rings is 1. The van der Waals surface area contributed by atoms with E-state index in [0.717, 1.165) is 32.1 Å². The predicted molar refractivity (Wildman–Crippen MR) is 144 cm³/mol. The number of anilines is 3. The summed E-state index contributed by atoms with van der Waals surface area (Å²) < 4.78 is 27.9. The Balaban J connectivity index is 1.60. The first-order valence-electron chi connectivity index (χ1n) is 13.1. The highest BCUT2D eigenvalue weighted by molar-refractivity contribution is 7.89. The molecule has 1 aromatic heterocycles. The number of benzene rings is 1. The van der Waals surface area contributed by atoms with Crippen molar-refractivity contribution in [3.05, 3.63) is 35.2 Å². The maximum absolute atomic E-state index is 13.2. The molecule has 1 saturated heterocycles. The summed E-state index contributed by atoms with van der Waals surface area (Å²) in [6, 6.07) is 5.12. The fourth-order valence-corrected chi connectivity index (χ4v) is 6.79. The summed E-state index contributed by atoms with van der Waals surface area (Å²) in [5.74, 6) is 0.0783. The zero-order valence-electron chi connectivity index (χ0n) is 21.9. The van der Waals surface area contributed by atoms with E-state index >= 15 is 0 Å². The largest absolute Gasteiger partial charge is 0.390 e. The van der Waals surface area contributed by atoms with Crippen LogP contribution in [0.1, 0.15) is 80.5 Å². The Labute approximate surface area is 219 Å². The number of hydrogen-bond acceptors (Lipinski definition) is 8. The Hall–Kier alpha value is -2.76. The van der Waals surface area contributed by atoms with Crippen molar-refractivity contribution >= 4 is 33.3 Å². The molecule has 0 radical (unpaired) electrons. The molecule has 37 heavy (non-hydrogen) atoms. The fraction of sp³-hybridized carbons (Fsp3) is 0.577. The van der Waals surface area contributed by atoms with Crippen LogP contribution < -0.4 is 16.4 Å². The number of carbonyl (C=O) groups excluding carboxylic acids is 1. The Morgan fingerprint density at radius 2 is 1.84 bits per heavy atom. The lowest BCUT2D eigenvalue weighted by atomic mass is 9.83. The fourth-order valence-electron chi connectivity index (χ4n) is 5.07. The van der Waals surface area contributed by atoms with Gasteiger partial charge >= 0.3 is 0 Å². The van der Waals surface area contributed by atoms with Crippen molar-refractivity contribution < 1.29 is 18.3 Å². The first kappa shape index (κ1) is 27.3. The minimum atomic E-state index is -3.57. The number of aliphatic hydroxyl groups is 1. The normalized spacial score (nSPS) is 23.0. The number of nitrogens with two attached hydrogens (primary N) is 1. The third-order valence-electron chi connectivity index (χ3n) is 7.31. The van der Waals surface area contributed by atoms with Gasteiger partial charge in [-0.2, -0.15) is 4.31 Å². The van der Waals surface area contributed by atoms with Crippen LogP contribution in [-0.4, -0.2) is 58.4 Å². The maximum atomic E-state index is 13.2. The molecule has 2 aromatic rings. The molecule has 0 spiro atoms. The minimum absolute atomic E-state index is 0.0247. The molecule has 1 aliphatic carbocycles. The molecule has 1 saturated carbocycles. The number of primary amides is 1. The van der Waals surface area contributed by atoms with Crippen LogP contribution in [0, 0.1) is 6.92 Å². The summed E-state index contributed by atoms with van der Waals surface area (Å²) in [4.78, 5) is 21.7. The van der Waals surface area contributed by atoms with E-state index in [0.29, 0.717) is 55.1 Å². The highest BCUT2D eigenvalue weighted by atomic mass is 32.2. The van der Waals surface area contributed by atoms with Gasteiger partial charge in [-0.05, 0) is 82.6 Å². The first-order chi connectivity index (χ1) is 17.5. The van der Waals surface area contributed by atoms with Crippen molar-refractivity contribution in [1.29, 1.82) is 0 Å². The van der Waals surface area contributed by atoms with Crippen LogP contribution in [-0.2, 0) is 16.4 Å². The summed E-state index contributed by atoms with van der Waals surface area (Å²) >= 11 is 0. The number of nitrogens with one attached hydrogen (secondary N) is 2. The third kappa shape index (κ3) is 6.22. The van der Waals surface area contributed by atoms with Crippen LogP contribution in [0.4, 0.5) is 17.3 Å². The van der Waals surface area contributed by atoms with E-state index in [2.05, 4.69) is 15.6 Å². The summed E-state index contributed by atoms with van der Waals surface area (Å²) in [6.07, 6.45) is 6.32. The van der Waals surface area contributed by atoms with Crippen molar-refractivity contribution in [2.45, 2.75) is 88.7 Å². The Kier molecular flexibility index (Phi) is 8.05. The van der Waals surface area contributed by atoms with E-state index in [1.54, 1.807) is 29.4 Å². The molecule has 0 bridgehead atoms. The van der Waals surface area contributed by atoms with E-state index in [9.17, 15) is 18.3 Å².